The molecule has 1 aliphatic heterocycles. The molecule has 0 unspecified atom stereocenters. The number of para-hydroxylation sites is 1. The third-order valence-electron chi connectivity index (χ3n) is 6.37. The fourth-order valence-electron chi connectivity index (χ4n) is 4.51. The molecule has 0 amide bonds. The van der Waals surface area contributed by atoms with Crippen molar-refractivity contribution >= 4 is 21.8 Å². The first-order valence-electron chi connectivity index (χ1n) is 11.8. The summed E-state index contributed by atoms with van der Waals surface area (Å²) in [5.41, 5.74) is 3.33. The van der Waals surface area contributed by atoms with E-state index in [0.717, 1.165) is 42.8 Å². The van der Waals surface area contributed by atoms with E-state index in [2.05, 4.69) is 0 Å². The van der Waals surface area contributed by atoms with Gasteiger partial charge in [0.2, 0.25) is 15.8 Å². The molecule has 1 fully saturated rings. The molecule has 1 aliphatic rings. The molecule has 3 aromatic rings. The zero-order valence-corrected chi connectivity index (χ0v) is 20.9. The van der Waals surface area contributed by atoms with E-state index in [1.807, 2.05) is 48.7 Å². The van der Waals surface area contributed by atoms with Crippen LogP contribution in [0.15, 0.2) is 65.6 Å². The van der Waals surface area contributed by atoms with E-state index in [9.17, 15) is 18.0 Å². The molecule has 35 heavy (non-hydrogen) atoms. The molecule has 8 heteroatoms. The van der Waals surface area contributed by atoms with Crippen LogP contribution >= 0.6 is 0 Å². The van der Waals surface area contributed by atoms with Crippen LogP contribution in [0.3, 0.4) is 0 Å². The molecule has 184 valence electrons. The number of ketones is 1. The molecule has 0 atom stereocenters. The lowest BCUT2D eigenvalue weighted by molar-refractivity contribution is 0.0474. The van der Waals surface area contributed by atoms with Gasteiger partial charge in [-0.15, -0.1) is 0 Å². The molecule has 0 N–H and O–H groups in total. The van der Waals surface area contributed by atoms with Crippen molar-refractivity contribution in [1.29, 1.82) is 0 Å². The van der Waals surface area contributed by atoms with Gasteiger partial charge in [-0.05, 0) is 69.2 Å². The van der Waals surface area contributed by atoms with Crippen LogP contribution in [-0.4, -0.2) is 48.7 Å². The standard InChI is InChI=1S/C27H30N2O5S/c1-20-18-25(21(2)29(20)23-10-6-5-7-11-23)26(30)19-34-27(31)22-12-14-24(15-13-22)35(32,33)28-16-8-3-4-9-17-28/h5-7,10-15,18H,3-4,8-9,16-17,19H2,1-2H3. The summed E-state index contributed by atoms with van der Waals surface area (Å²) < 4.78 is 34.6. The van der Waals surface area contributed by atoms with Gasteiger partial charge >= 0.3 is 5.97 Å². The molecule has 0 bridgehead atoms. The number of sulfonamides is 1. The summed E-state index contributed by atoms with van der Waals surface area (Å²) in [5.74, 6) is -0.970. The van der Waals surface area contributed by atoms with Gasteiger partial charge in [-0.3, -0.25) is 4.79 Å². The summed E-state index contributed by atoms with van der Waals surface area (Å²) in [5, 5.41) is 0. The number of nitrogens with zero attached hydrogens (tertiary/aromatic N) is 2. The molecule has 1 saturated heterocycles. The zero-order chi connectivity index (χ0) is 25.0. The highest BCUT2D eigenvalue weighted by molar-refractivity contribution is 7.89. The van der Waals surface area contributed by atoms with Crippen LogP contribution in [0.1, 0.15) is 57.8 Å². The Morgan fingerprint density at radius 2 is 1.51 bits per heavy atom. The van der Waals surface area contributed by atoms with Crippen molar-refractivity contribution in [3.05, 3.63) is 83.2 Å². The Morgan fingerprint density at radius 3 is 2.14 bits per heavy atom. The van der Waals surface area contributed by atoms with Crippen LogP contribution in [0, 0.1) is 13.8 Å². The topological polar surface area (TPSA) is 85.7 Å². The van der Waals surface area contributed by atoms with E-state index in [0.29, 0.717) is 18.7 Å². The Balaban J connectivity index is 1.41. The van der Waals surface area contributed by atoms with Gasteiger partial charge in [0.1, 0.15) is 0 Å². The molecule has 0 radical (unpaired) electrons. The molecule has 1 aromatic heterocycles. The second kappa shape index (κ2) is 10.6. The highest BCUT2D eigenvalue weighted by atomic mass is 32.2. The van der Waals surface area contributed by atoms with Crippen molar-refractivity contribution in [3.8, 4) is 5.69 Å². The number of hydrogen-bond acceptors (Lipinski definition) is 5. The number of aryl methyl sites for hydroxylation is 1. The van der Waals surface area contributed by atoms with Crippen molar-refractivity contribution in [3.63, 3.8) is 0 Å². The van der Waals surface area contributed by atoms with E-state index in [-0.39, 0.29) is 16.2 Å². The second-order valence-electron chi connectivity index (χ2n) is 8.80. The molecule has 0 aliphatic carbocycles. The lowest BCUT2D eigenvalue weighted by Crippen LogP contribution is -2.31. The van der Waals surface area contributed by atoms with Crippen LogP contribution in [0.25, 0.3) is 5.69 Å². The molecule has 2 heterocycles. The normalized spacial score (nSPS) is 14.9. The number of hydrogen-bond donors (Lipinski definition) is 0. The Labute approximate surface area is 206 Å². The van der Waals surface area contributed by atoms with Gasteiger partial charge in [0.15, 0.2) is 6.61 Å². The fraction of sp³-hybridized carbons (Fsp3) is 0.333. The number of ether oxygens (including phenoxy) is 1. The van der Waals surface area contributed by atoms with E-state index in [4.69, 9.17) is 4.74 Å². The fourth-order valence-corrected chi connectivity index (χ4v) is 6.02. The smallest absolute Gasteiger partial charge is 0.338 e. The molecule has 7 nitrogen and oxygen atoms in total. The lowest BCUT2D eigenvalue weighted by Gasteiger charge is -2.19. The van der Waals surface area contributed by atoms with E-state index < -0.39 is 22.6 Å². The molecular weight excluding hydrogens is 464 g/mol. The Hall–Kier alpha value is -3.23. The molecule has 4 rings (SSSR count). The number of carbonyl (C=O) groups excluding carboxylic acids is 2. The minimum Gasteiger partial charge on any atom is -0.454 e. The van der Waals surface area contributed by atoms with Gasteiger partial charge < -0.3 is 9.30 Å². The third-order valence-corrected chi connectivity index (χ3v) is 8.29. The van der Waals surface area contributed by atoms with Gasteiger partial charge in [0.05, 0.1) is 10.5 Å². The number of rotatable bonds is 7. The summed E-state index contributed by atoms with van der Waals surface area (Å²) in [4.78, 5) is 25.5. The summed E-state index contributed by atoms with van der Waals surface area (Å²) >= 11 is 0. The zero-order valence-electron chi connectivity index (χ0n) is 20.1. The predicted molar refractivity (Wildman–Crippen MR) is 134 cm³/mol. The number of esters is 1. The molecule has 2 aromatic carbocycles. The molecular formula is C27H30N2O5S. The van der Waals surface area contributed by atoms with Crippen LogP contribution in [0.2, 0.25) is 0 Å². The van der Waals surface area contributed by atoms with Crippen molar-refractivity contribution in [2.45, 2.75) is 44.4 Å². The summed E-state index contributed by atoms with van der Waals surface area (Å²) in [6, 6.07) is 17.2. The first-order chi connectivity index (χ1) is 16.8. The van der Waals surface area contributed by atoms with Crippen LogP contribution in [-0.2, 0) is 14.8 Å². The van der Waals surface area contributed by atoms with Gasteiger partial charge in [0, 0.05) is 35.7 Å². The maximum atomic E-state index is 12.9. The number of carbonyl (C=O) groups is 2. The average molecular weight is 495 g/mol. The maximum Gasteiger partial charge on any atom is 0.338 e. The summed E-state index contributed by atoms with van der Waals surface area (Å²) in [6.45, 7) is 4.41. The Bertz CT molecular complexity index is 1300. The number of aromatic nitrogens is 1. The number of Topliss-reactive ketones (excluding diaryl/α,β-unsaturated/α-hetero) is 1. The average Bonchev–Trinajstić information content (AvgIpc) is 3.03. The Morgan fingerprint density at radius 1 is 0.886 bits per heavy atom. The highest BCUT2D eigenvalue weighted by Gasteiger charge is 2.25. The first-order valence-corrected chi connectivity index (χ1v) is 13.3. The van der Waals surface area contributed by atoms with Crippen molar-refractivity contribution < 1.29 is 22.7 Å². The quantitative estimate of drug-likeness (QED) is 0.351. The van der Waals surface area contributed by atoms with Crippen molar-refractivity contribution in [2.75, 3.05) is 19.7 Å². The minimum absolute atomic E-state index is 0.153. The largest absolute Gasteiger partial charge is 0.454 e. The molecule has 0 saturated carbocycles. The van der Waals surface area contributed by atoms with Crippen LogP contribution < -0.4 is 0 Å². The number of benzene rings is 2. The van der Waals surface area contributed by atoms with E-state index >= 15 is 0 Å². The first kappa shape index (κ1) is 24.9. The van der Waals surface area contributed by atoms with E-state index in [1.165, 1.54) is 28.6 Å². The van der Waals surface area contributed by atoms with Crippen molar-refractivity contribution in [2.24, 2.45) is 0 Å². The van der Waals surface area contributed by atoms with Gasteiger partial charge in [-0.1, -0.05) is 31.0 Å². The van der Waals surface area contributed by atoms with Gasteiger partial charge in [0.25, 0.3) is 0 Å². The van der Waals surface area contributed by atoms with Crippen LogP contribution in [0.4, 0.5) is 0 Å². The summed E-state index contributed by atoms with van der Waals surface area (Å²) in [6.07, 6.45) is 3.77. The minimum atomic E-state index is -3.59. The second-order valence-corrected chi connectivity index (χ2v) is 10.7. The SMILES string of the molecule is Cc1cc(C(=O)COC(=O)c2ccc(S(=O)(=O)N3CCCCCC3)cc2)c(C)n1-c1ccccc1. The van der Waals surface area contributed by atoms with E-state index in [1.54, 1.807) is 6.07 Å². The molecule has 0 spiro atoms. The maximum absolute atomic E-state index is 12.9. The Kier molecular flexibility index (Phi) is 7.52. The third kappa shape index (κ3) is 5.39. The van der Waals surface area contributed by atoms with Gasteiger partial charge in [-0.2, -0.15) is 4.31 Å². The predicted octanol–water partition coefficient (Wildman–Crippen LogP) is 4.70. The summed E-state index contributed by atoms with van der Waals surface area (Å²) in [7, 11) is -3.59. The van der Waals surface area contributed by atoms with Gasteiger partial charge in [-0.25, -0.2) is 13.2 Å². The monoisotopic (exact) mass is 494 g/mol. The lowest BCUT2D eigenvalue weighted by atomic mass is 10.1. The van der Waals surface area contributed by atoms with Crippen LogP contribution in [0.5, 0.6) is 0 Å². The highest BCUT2D eigenvalue weighted by Crippen LogP contribution is 2.23. The van der Waals surface area contributed by atoms with Crippen molar-refractivity contribution in [1.82, 2.24) is 8.87 Å².